The molecule has 1 aliphatic heterocycles. The third-order valence-electron chi connectivity index (χ3n) is 12.7. The molecule has 0 radical (unpaired) electrons. The van der Waals surface area contributed by atoms with Gasteiger partial charge in [-0.15, -0.1) is 0 Å². The highest BCUT2D eigenvalue weighted by atomic mass is 16.2. The van der Waals surface area contributed by atoms with Crippen LogP contribution in [0.3, 0.4) is 0 Å². The van der Waals surface area contributed by atoms with Crippen LogP contribution < -0.4 is 21.7 Å². The van der Waals surface area contributed by atoms with E-state index in [9.17, 15) is 4.79 Å². The van der Waals surface area contributed by atoms with Crippen molar-refractivity contribution in [3.05, 3.63) is 0 Å². The number of hydrogen-bond acceptors (Lipinski definition) is 5. The monoisotopic (exact) mass is 555 g/mol. The molecular weight excluding hydrogens is 494 g/mol. The van der Waals surface area contributed by atoms with Gasteiger partial charge in [-0.25, -0.2) is 0 Å². The highest BCUT2D eigenvalue weighted by Crippen LogP contribution is 2.43. The average molecular weight is 556 g/mol. The van der Waals surface area contributed by atoms with Crippen molar-refractivity contribution in [1.82, 2.24) is 20.9 Å². The van der Waals surface area contributed by atoms with E-state index in [1.807, 2.05) is 0 Å². The van der Waals surface area contributed by atoms with Gasteiger partial charge in [-0.2, -0.15) is 0 Å². The zero-order valence-corrected chi connectivity index (χ0v) is 25.5. The number of carbonyl (C=O) groups is 1. The smallest absolute Gasteiger partial charge is 0.223 e. The van der Waals surface area contributed by atoms with E-state index < -0.39 is 0 Å². The maximum Gasteiger partial charge on any atom is 0.223 e. The Balaban J connectivity index is 0.969. The van der Waals surface area contributed by atoms with Gasteiger partial charge in [0.05, 0.1) is 0 Å². The second-order valence-electron chi connectivity index (χ2n) is 15.1. The van der Waals surface area contributed by atoms with Crippen molar-refractivity contribution in [3.63, 3.8) is 0 Å². The van der Waals surface area contributed by atoms with Gasteiger partial charge in [-0.3, -0.25) is 15.0 Å². The average Bonchev–Trinajstić information content (AvgIpc) is 3.39. The van der Waals surface area contributed by atoms with Crippen LogP contribution in [0, 0.1) is 41.4 Å². The lowest BCUT2D eigenvalue weighted by molar-refractivity contribution is -0.128. The second-order valence-corrected chi connectivity index (χ2v) is 15.1. The van der Waals surface area contributed by atoms with Gasteiger partial charge >= 0.3 is 0 Å². The number of amides is 1. The Morgan fingerprint density at radius 2 is 1.57 bits per heavy atom. The maximum absolute atomic E-state index is 13.5. The molecule has 228 valence electrons. The summed E-state index contributed by atoms with van der Waals surface area (Å²) >= 11 is 0. The van der Waals surface area contributed by atoms with E-state index in [1.165, 1.54) is 116 Å². The van der Waals surface area contributed by atoms with E-state index in [4.69, 9.17) is 5.73 Å². The quantitative estimate of drug-likeness (QED) is 0.300. The Hall–Kier alpha value is -0.690. The molecule has 0 aromatic carbocycles. The summed E-state index contributed by atoms with van der Waals surface area (Å²) in [6.07, 6.45) is 24.1. The molecule has 0 aromatic rings. The van der Waals surface area contributed by atoms with Gasteiger partial charge in [0.25, 0.3) is 0 Å². The minimum Gasteiger partial charge on any atom is -0.353 e. The lowest BCUT2D eigenvalue weighted by Crippen LogP contribution is -2.49. The predicted octanol–water partition coefficient (Wildman–Crippen LogP) is 5.02. The minimum absolute atomic E-state index is 0.253. The SMILES string of the molecule is NCCNCC1CCC(C2CCC3NCN(CC4CCCC(C(=O)NC5CCCC6CCCCC65)C4)C3C2)CC1. The van der Waals surface area contributed by atoms with Crippen LogP contribution in [0.25, 0.3) is 0 Å². The fourth-order valence-electron chi connectivity index (χ4n) is 10.5. The fourth-order valence-corrected chi connectivity index (χ4v) is 10.5. The Bertz CT molecular complexity index is 797. The standard InChI is InChI=1S/C34H61N5O/c35-17-18-36-21-24-11-13-26(14-12-24)28-15-16-32-33(20-28)39(23-37-32)22-25-5-3-8-29(19-25)34(40)38-31-10-4-7-27-6-1-2-9-30(27)31/h24-33,36-37H,1-23,35H2,(H,38,40). The van der Waals surface area contributed by atoms with E-state index in [1.54, 1.807) is 0 Å². The molecule has 8 unspecified atom stereocenters. The molecule has 6 fully saturated rings. The van der Waals surface area contributed by atoms with Gasteiger partial charge in [-0.1, -0.05) is 38.5 Å². The van der Waals surface area contributed by atoms with E-state index in [0.29, 0.717) is 23.9 Å². The number of carbonyl (C=O) groups excluding carboxylic acids is 1. The molecular formula is C34H61N5O. The summed E-state index contributed by atoms with van der Waals surface area (Å²) in [4.78, 5) is 16.3. The molecule has 40 heavy (non-hydrogen) atoms. The third-order valence-corrected chi connectivity index (χ3v) is 12.7. The van der Waals surface area contributed by atoms with Gasteiger partial charge in [0.2, 0.25) is 5.91 Å². The Morgan fingerprint density at radius 3 is 2.45 bits per heavy atom. The number of nitrogens with two attached hydrogens (primary N) is 1. The van der Waals surface area contributed by atoms with Crippen molar-refractivity contribution < 1.29 is 4.79 Å². The molecule has 1 saturated heterocycles. The summed E-state index contributed by atoms with van der Waals surface area (Å²) in [7, 11) is 0. The van der Waals surface area contributed by atoms with Crippen molar-refractivity contribution in [3.8, 4) is 0 Å². The summed E-state index contributed by atoms with van der Waals surface area (Å²) in [5, 5.41) is 11.1. The van der Waals surface area contributed by atoms with E-state index in [0.717, 1.165) is 68.2 Å². The van der Waals surface area contributed by atoms with Crippen molar-refractivity contribution >= 4 is 5.91 Å². The van der Waals surface area contributed by atoms with Crippen LogP contribution in [0.15, 0.2) is 0 Å². The summed E-state index contributed by atoms with van der Waals surface area (Å²) < 4.78 is 0. The number of fused-ring (bicyclic) bond motifs is 2. The minimum atomic E-state index is 0.253. The maximum atomic E-state index is 13.5. The number of nitrogens with one attached hydrogen (secondary N) is 3. The summed E-state index contributed by atoms with van der Waals surface area (Å²) in [6, 6.07) is 1.89. The molecule has 8 atom stereocenters. The number of rotatable bonds is 9. The number of hydrogen-bond donors (Lipinski definition) is 4. The first-order valence-electron chi connectivity index (χ1n) is 17.9. The van der Waals surface area contributed by atoms with E-state index in [2.05, 4.69) is 20.9 Å². The van der Waals surface area contributed by atoms with E-state index in [-0.39, 0.29) is 5.92 Å². The van der Waals surface area contributed by atoms with Gasteiger partial charge in [-0.05, 0) is 119 Å². The number of nitrogens with zero attached hydrogens (tertiary/aromatic N) is 1. The highest BCUT2D eigenvalue weighted by Gasteiger charge is 2.43. The molecule has 0 bridgehead atoms. The van der Waals surface area contributed by atoms with Crippen molar-refractivity contribution in [2.75, 3.05) is 32.8 Å². The summed E-state index contributed by atoms with van der Waals surface area (Å²) in [6.45, 7) is 5.15. The molecule has 6 heteroatoms. The predicted molar refractivity (Wildman–Crippen MR) is 164 cm³/mol. The molecule has 5 N–H and O–H groups in total. The molecule has 6 rings (SSSR count). The zero-order valence-electron chi connectivity index (χ0n) is 25.5. The molecule has 5 aliphatic carbocycles. The first-order valence-corrected chi connectivity index (χ1v) is 17.9. The topological polar surface area (TPSA) is 82.4 Å². The lowest BCUT2D eigenvalue weighted by atomic mass is 9.68. The van der Waals surface area contributed by atoms with Crippen LogP contribution in [-0.4, -0.2) is 61.8 Å². The van der Waals surface area contributed by atoms with Crippen LogP contribution >= 0.6 is 0 Å². The summed E-state index contributed by atoms with van der Waals surface area (Å²) in [5.74, 6) is 5.73. The molecule has 0 aromatic heterocycles. The Kier molecular flexibility index (Phi) is 10.4. The molecule has 1 amide bonds. The van der Waals surface area contributed by atoms with Crippen LogP contribution in [0.5, 0.6) is 0 Å². The summed E-state index contributed by atoms with van der Waals surface area (Å²) in [5.41, 5.74) is 5.66. The molecule has 5 saturated carbocycles. The first-order chi connectivity index (χ1) is 19.7. The normalized spacial score (nSPS) is 42.6. The third kappa shape index (κ3) is 7.09. The fraction of sp³-hybridized carbons (Fsp3) is 0.971. The molecule has 1 heterocycles. The van der Waals surface area contributed by atoms with Gasteiger partial charge in [0.15, 0.2) is 0 Å². The van der Waals surface area contributed by atoms with Crippen LogP contribution in [-0.2, 0) is 4.79 Å². The van der Waals surface area contributed by atoms with Crippen molar-refractivity contribution in [1.29, 1.82) is 0 Å². The van der Waals surface area contributed by atoms with Gasteiger partial charge in [0, 0.05) is 50.3 Å². The van der Waals surface area contributed by atoms with Crippen molar-refractivity contribution in [2.24, 2.45) is 47.2 Å². The van der Waals surface area contributed by atoms with Crippen LogP contribution in [0.2, 0.25) is 0 Å². The Labute approximate surface area is 245 Å². The van der Waals surface area contributed by atoms with Crippen LogP contribution in [0.1, 0.15) is 116 Å². The Morgan fingerprint density at radius 1 is 0.775 bits per heavy atom. The van der Waals surface area contributed by atoms with Gasteiger partial charge in [0.1, 0.15) is 0 Å². The molecule has 0 spiro atoms. The van der Waals surface area contributed by atoms with Crippen molar-refractivity contribution in [2.45, 2.75) is 134 Å². The van der Waals surface area contributed by atoms with Gasteiger partial charge < -0.3 is 16.4 Å². The molecule has 6 aliphatic rings. The van der Waals surface area contributed by atoms with E-state index >= 15 is 0 Å². The first kappa shape index (κ1) is 29.4. The second kappa shape index (κ2) is 14.2. The molecule has 6 nitrogen and oxygen atoms in total. The largest absolute Gasteiger partial charge is 0.353 e. The highest BCUT2D eigenvalue weighted by molar-refractivity contribution is 5.79. The van der Waals surface area contributed by atoms with Crippen LogP contribution in [0.4, 0.5) is 0 Å². The zero-order chi connectivity index (χ0) is 27.3. The lowest BCUT2D eigenvalue weighted by Gasteiger charge is -2.43.